The lowest BCUT2D eigenvalue weighted by Crippen LogP contribution is -2.39. The molecule has 0 radical (unpaired) electrons. The zero-order chi connectivity index (χ0) is 16.9. The van der Waals surface area contributed by atoms with Crippen LogP contribution in [0.2, 0.25) is 0 Å². The number of hydrogen-bond donors (Lipinski definition) is 0. The Kier molecular flexibility index (Phi) is 5.22. The minimum atomic E-state index is 0.175. The summed E-state index contributed by atoms with van der Waals surface area (Å²) < 4.78 is 7.05. The molecule has 8 heteroatoms. The van der Waals surface area contributed by atoms with E-state index in [4.69, 9.17) is 4.52 Å². The van der Waals surface area contributed by atoms with E-state index in [-0.39, 0.29) is 17.7 Å². The molecule has 0 aliphatic carbocycles. The second-order valence-corrected chi connectivity index (χ2v) is 6.59. The van der Waals surface area contributed by atoms with E-state index in [0.29, 0.717) is 25.4 Å². The normalized spacial score (nSPS) is 18.3. The predicted octanol–water partition coefficient (Wildman–Crippen LogP) is 1.97. The standard InChI is InChI=1S/C16H24N6O2/c1-12(2)16-19-15(20-24-16)13-5-3-7-21(9-13)14(23)6-4-8-22-11-17-10-18-22/h10-13H,3-9H2,1-2H3/t13-/m1/s1. The van der Waals surface area contributed by atoms with Gasteiger partial charge in [-0.05, 0) is 19.3 Å². The van der Waals surface area contributed by atoms with E-state index in [1.54, 1.807) is 11.0 Å². The van der Waals surface area contributed by atoms with Gasteiger partial charge < -0.3 is 9.42 Å². The van der Waals surface area contributed by atoms with Crippen LogP contribution in [0.1, 0.15) is 63.1 Å². The summed E-state index contributed by atoms with van der Waals surface area (Å²) in [6.07, 6.45) is 6.45. The molecule has 8 nitrogen and oxygen atoms in total. The Bertz CT molecular complexity index is 651. The second kappa shape index (κ2) is 7.55. The summed E-state index contributed by atoms with van der Waals surface area (Å²) in [6.45, 7) is 6.27. The summed E-state index contributed by atoms with van der Waals surface area (Å²) in [6, 6.07) is 0. The smallest absolute Gasteiger partial charge is 0.229 e. The van der Waals surface area contributed by atoms with Gasteiger partial charge in [-0.25, -0.2) is 4.98 Å². The van der Waals surface area contributed by atoms with E-state index >= 15 is 0 Å². The molecule has 0 spiro atoms. The van der Waals surface area contributed by atoms with Gasteiger partial charge in [-0.1, -0.05) is 19.0 Å². The van der Waals surface area contributed by atoms with E-state index in [1.165, 1.54) is 6.33 Å². The molecule has 1 amide bonds. The molecule has 0 unspecified atom stereocenters. The molecule has 24 heavy (non-hydrogen) atoms. The van der Waals surface area contributed by atoms with E-state index in [2.05, 4.69) is 20.2 Å². The van der Waals surface area contributed by atoms with Gasteiger partial charge in [-0.15, -0.1) is 0 Å². The van der Waals surface area contributed by atoms with Crippen LogP contribution in [0, 0.1) is 0 Å². The molecule has 0 bridgehead atoms. The number of nitrogens with zero attached hydrogens (tertiary/aromatic N) is 6. The molecule has 0 saturated carbocycles. The minimum absolute atomic E-state index is 0.175. The number of hydrogen-bond acceptors (Lipinski definition) is 6. The highest BCUT2D eigenvalue weighted by atomic mass is 16.5. The van der Waals surface area contributed by atoms with E-state index in [0.717, 1.165) is 31.6 Å². The Morgan fingerprint density at radius 1 is 1.46 bits per heavy atom. The van der Waals surface area contributed by atoms with Gasteiger partial charge in [-0.3, -0.25) is 9.48 Å². The number of amides is 1. The van der Waals surface area contributed by atoms with Crippen molar-refractivity contribution in [2.24, 2.45) is 0 Å². The average Bonchev–Trinajstić information content (AvgIpc) is 3.26. The van der Waals surface area contributed by atoms with Crippen molar-refractivity contribution in [3.63, 3.8) is 0 Å². The fraction of sp³-hybridized carbons (Fsp3) is 0.688. The Balaban J connectivity index is 1.51. The lowest BCUT2D eigenvalue weighted by Gasteiger charge is -2.31. The summed E-state index contributed by atoms with van der Waals surface area (Å²) in [5, 5.41) is 8.16. The maximum absolute atomic E-state index is 12.4. The number of carbonyl (C=O) groups is 1. The molecule has 0 N–H and O–H groups in total. The van der Waals surface area contributed by atoms with Gasteiger partial charge in [0, 0.05) is 37.9 Å². The van der Waals surface area contributed by atoms with Crippen molar-refractivity contribution in [3.8, 4) is 0 Å². The molecule has 3 rings (SSSR count). The summed E-state index contributed by atoms with van der Waals surface area (Å²) in [5.74, 6) is 1.99. The van der Waals surface area contributed by atoms with Gasteiger partial charge in [0.15, 0.2) is 5.82 Å². The first-order valence-corrected chi connectivity index (χ1v) is 8.57. The number of aryl methyl sites for hydroxylation is 1. The topological polar surface area (TPSA) is 89.9 Å². The third kappa shape index (κ3) is 3.98. The van der Waals surface area contributed by atoms with Crippen LogP contribution in [-0.2, 0) is 11.3 Å². The zero-order valence-corrected chi connectivity index (χ0v) is 14.3. The van der Waals surface area contributed by atoms with Crippen LogP contribution in [0.25, 0.3) is 0 Å². The minimum Gasteiger partial charge on any atom is -0.342 e. The number of likely N-dealkylation sites (tertiary alicyclic amines) is 1. The van der Waals surface area contributed by atoms with Crippen molar-refractivity contribution in [2.75, 3.05) is 13.1 Å². The maximum Gasteiger partial charge on any atom is 0.229 e. The highest BCUT2D eigenvalue weighted by Gasteiger charge is 2.28. The Morgan fingerprint density at radius 3 is 3.04 bits per heavy atom. The first-order chi connectivity index (χ1) is 11.6. The van der Waals surface area contributed by atoms with Gasteiger partial charge in [0.05, 0.1) is 0 Å². The number of aromatic nitrogens is 5. The van der Waals surface area contributed by atoms with E-state index < -0.39 is 0 Å². The summed E-state index contributed by atoms with van der Waals surface area (Å²) in [4.78, 5) is 22.8. The van der Waals surface area contributed by atoms with Crippen LogP contribution >= 0.6 is 0 Å². The zero-order valence-electron chi connectivity index (χ0n) is 14.3. The van der Waals surface area contributed by atoms with Crippen molar-refractivity contribution in [2.45, 2.75) is 57.9 Å². The molecule has 1 atom stereocenters. The summed E-state index contributed by atoms with van der Waals surface area (Å²) in [7, 11) is 0. The first-order valence-electron chi connectivity index (χ1n) is 8.57. The second-order valence-electron chi connectivity index (χ2n) is 6.59. The Hall–Kier alpha value is -2.25. The van der Waals surface area contributed by atoms with Crippen LogP contribution in [0.15, 0.2) is 17.2 Å². The van der Waals surface area contributed by atoms with Gasteiger partial charge in [-0.2, -0.15) is 10.1 Å². The number of rotatable bonds is 6. The van der Waals surface area contributed by atoms with Crippen molar-refractivity contribution < 1.29 is 9.32 Å². The molecule has 1 saturated heterocycles. The molecule has 2 aromatic rings. The lowest BCUT2D eigenvalue weighted by molar-refractivity contribution is -0.132. The molecule has 1 aliphatic heterocycles. The Morgan fingerprint density at radius 2 is 2.33 bits per heavy atom. The first kappa shape index (κ1) is 16.6. The van der Waals surface area contributed by atoms with Crippen LogP contribution in [0.4, 0.5) is 0 Å². The number of carbonyl (C=O) groups excluding carboxylic acids is 1. The average molecular weight is 332 g/mol. The van der Waals surface area contributed by atoms with Gasteiger partial charge >= 0.3 is 0 Å². The van der Waals surface area contributed by atoms with Crippen molar-refractivity contribution in [1.82, 2.24) is 29.8 Å². The fourth-order valence-electron chi connectivity index (χ4n) is 2.96. The van der Waals surface area contributed by atoms with Crippen LogP contribution in [0.5, 0.6) is 0 Å². The van der Waals surface area contributed by atoms with Crippen LogP contribution in [0.3, 0.4) is 0 Å². The number of piperidine rings is 1. The van der Waals surface area contributed by atoms with E-state index in [9.17, 15) is 4.79 Å². The summed E-state index contributed by atoms with van der Waals surface area (Å²) >= 11 is 0. The SMILES string of the molecule is CC(C)c1nc([C@@H]2CCCN(C(=O)CCCn3cncn3)C2)no1. The molecule has 1 fully saturated rings. The quantitative estimate of drug-likeness (QED) is 0.803. The molecular formula is C16H24N6O2. The van der Waals surface area contributed by atoms with Crippen molar-refractivity contribution >= 4 is 5.91 Å². The molecular weight excluding hydrogens is 308 g/mol. The third-order valence-corrected chi connectivity index (χ3v) is 4.34. The monoisotopic (exact) mass is 332 g/mol. The van der Waals surface area contributed by atoms with E-state index in [1.807, 2.05) is 18.7 Å². The molecule has 0 aromatic carbocycles. The lowest BCUT2D eigenvalue weighted by atomic mass is 9.97. The largest absolute Gasteiger partial charge is 0.342 e. The van der Waals surface area contributed by atoms with Gasteiger partial charge in [0.25, 0.3) is 0 Å². The van der Waals surface area contributed by atoms with Gasteiger partial charge in [0.1, 0.15) is 12.7 Å². The highest BCUT2D eigenvalue weighted by Crippen LogP contribution is 2.26. The summed E-state index contributed by atoms with van der Waals surface area (Å²) in [5.41, 5.74) is 0. The molecule has 2 aromatic heterocycles. The molecule has 1 aliphatic rings. The van der Waals surface area contributed by atoms with Gasteiger partial charge in [0.2, 0.25) is 11.8 Å². The molecule has 130 valence electrons. The maximum atomic E-state index is 12.4. The third-order valence-electron chi connectivity index (χ3n) is 4.34. The highest BCUT2D eigenvalue weighted by molar-refractivity contribution is 5.76. The van der Waals surface area contributed by atoms with Crippen LogP contribution in [-0.4, -0.2) is 48.8 Å². The molecule has 3 heterocycles. The predicted molar refractivity (Wildman–Crippen MR) is 86.2 cm³/mol. The van der Waals surface area contributed by atoms with Crippen LogP contribution < -0.4 is 0 Å². The Labute approximate surface area is 141 Å². The van der Waals surface area contributed by atoms with Crippen molar-refractivity contribution in [1.29, 1.82) is 0 Å². The van der Waals surface area contributed by atoms with Crippen molar-refractivity contribution in [3.05, 3.63) is 24.4 Å². The fourth-order valence-corrected chi connectivity index (χ4v) is 2.96.